The van der Waals surface area contributed by atoms with E-state index in [1.165, 1.54) is 56.6 Å². The molecule has 0 aliphatic heterocycles. The topological polar surface area (TPSA) is 196 Å². The Morgan fingerprint density at radius 3 is 2.68 bits per heavy atom. The molecule has 0 bridgehead atoms. The highest BCUT2D eigenvalue weighted by molar-refractivity contribution is 5.98. The van der Waals surface area contributed by atoms with E-state index in [9.17, 15) is 14.0 Å². The molecule has 0 saturated heterocycles. The molecule has 214 valence electrons. The molecule has 0 fully saturated rings. The van der Waals surface area contributed by atoms with Crippen molar-refractivity contribution in [2.45, 2.75) is 13.0 Å². The lowest BCUT2D eigenvalue weighted by molar-refractivity contribution is -0.131. The molecule has 41 heavy (non-hydrogen) atoms. The van der Waals surface area contributed by atoms with Gasteiger partial charge in [-0.1, -0.05) is 0 Å². The highest BCUT2D eigenvalue weighted by Gasteiger charge is 2.27. The van der Waals surface area contributed by atoms with Gasteiger partial charge in [0.1, 0.15) is 36.7 Å². The second kappa shape index (κ2) is 12.1. The monoisotopic (exact) mass is 568 g/mol. The van der Waals surface area contributed by atoms with Gasteiger partial charge in [-0.15, -0.1) is 5.10 Å². The van der Waals surface area contributed by atoms with E-state index >= 15 is 4.39 Å². The lowest BCUT2D eigenvalue weighted by atomic mass is 10.0. The Bertz CT molecular complexity index is 1660. The van der Waals surface area contributed by atoms with Crippen LogP contribution in [0.2, 0.25) is 0 Å². The third-order valence-electron chi connectivity index (χ3n) is 5.68. The number of methoxy groups -OCH3 is 1. The van der Waals surface area contributed by atoms with Crippen LogP contribution >= 0.6 is 0 Å². The molecule has 1 atom stereocenters. The average molecular weight is 569 g/mol. The third-order valence-corrected chi connectivity index (χ3v) is 5.68. The van der Waals surface area contributed by atoms with Crippen LogP contribution in [0.5, 0.6) is 17.2 Å². The molecule has 0 radical (unpaired) electrons. The van der Waals surface area contributed by atoms with Crippen LogP contribution in [0.15, 0.2) is 53.5 Å². The fourth-order valence-corrected chi connectivity index (χ4v) is 3.91. The number of carbonyl (C=O) groups is 1. The number of nitrogens with two attached hydrogens (primary N) is 2. The number of H-pyrrole nitrogens is 1. The van der Waals surface area contributed by atoms with Gasteiger partial charge in [-0.05, 0) is 30.3 Å². The van der Waals surface area contributed by atoms with Crippen LogP contribution in [-0.4, -0.2) is 51.9 Å². The van der Waals surface area contributed by atoms with Crippen molar-refractivity contribution in [3.8, 4) is 23.1 Å². The lowest BCUT2D eigenvalue weighted by Crippen LogP contribution is -2.19. The van der Waals surface area contributed by atoms with E-state index in [1.54, 1.807) is 6.07 Å². The number of hydrogen-bond donors (Lipinski definition) is 5. The summed E-state index contributed by atoms with van der Waals surface area (Å²) in [6, 6.07) is 8.77. The zero-order valence-corrected chi connectivity index (χ0v) is 21.9. The number of ether oxygens (including phenoxy) is 3. The molecule has 0 amide bonds. The second-order valence-corrected chi connectivity index (χ2v) is 8.51. The number of nitrogens with zero attached hydrogens (tertiary/aromatic N) is 3. The zero-order chi connectivity index (χ0) is 29.7. The molecule has 4 aromatic rings. The summed E-state index contributed by atoms with van der Waals surface area (Å²) in [5, 5.41) is 15.1. The van der Waals surface area contributed by atoms with Crippen LogP contribution < -0.4 is 36.7 Å². The Kier molecular flexibility index (Phi) is 8.45. The van der Waals surface area contributed by atoms with Gasteiger partial charge in [0.2, 0.25) is 0 Å². The van der Waals surface area contributed by atoms with Crippen LogP contribution in [0.3, 0.4) is 0 Å². The number of nitrogens with one attached hydrogen (secondary N) is 3. The van der Waals surface area contributed by atoms with Gasteiger partial charge in [0.25, 0.3) is 0 Å². The summed E-state index contributed by atoms with van der Waals surface area (Å²) in [5.41, 5.74) is 11.3. The molecule has 0 saturated carbocycles. The van der Waals surface area contributed by atoms with Crippen molar-refractivity contribution in [3.63, 3.8) is 0 Å². The molecule has 2 heterocycles. The Morgan fingerprint density at radius 1 is 1.24 bits per heavy atom. The number of alkyl halides is 1. The first-order chi connectivity index (χ1) is 19.6. The van der Waals surface area contributed by atoms with Crippen molar-refractivity contribution in [1.29, 1.82) is 5.41 Å². The van der Waals surface area contributed by atoms with Crippen molar-refractivity contribution < 1.29 is 27.8 Å². The maximum Gasteiger partial charge on any atom is 0.349 e. The van der Waals surface area contributed by atoms with E-state index in [0.717, 1.165) is 4.68 Å². The quantitative estimate of drug-likeness (QED) is 0.0776. The summed E-state index contributed by atoms with van der Waals surface area (Å²) in [6.45, 7) is -0.0965. The molecule has 13 nitrogen and oxygen atoms in total. The van der Waals surface area contributed by atoms with Crippen molar-refractivity contribution in [2.75, 3.05) is 31.4 Å². The average Bonchev–Trinajstić information content (AvgIpc) is 3.32. The number of amidine groups is 1. The SMILES string of the molecule is COc1cc(OCCF)c(F)c([C@H](Nc2ccc(C(=N)N)c(OC(C)=O)c2)c2nn(-c3ncccc3N)c(=O)[nH]2)c1. The molecule has 4 rings (SSSR count). The number of aromatic amines is 1. The van der Waals surface area contributed by atoms with Gasteiger partial charge in [0, 0.05) is 36.5 Å². The minimum atomic E-state index is -1.23. The van der Waals surface area contributed by atoms with Gasteiger partial charge < -0.3 is 31.0 Å². The highest BCUT2D eigenvalue weighted by Crippen LogP contribution is 2.36. The summed E-state index contributed by atoms with van der Waals surface area (Å²) >= 11 is 0. The van der Waals surface area contributed by atoms with Gasteiger partial charge in [-0.2, -0.15) is 4.68 Å². The van der Waals surface area contributed by atoms with Crippen LogP contribution in [-0.2, 0) is 4.79 Å². The zero-order valence-electron chi connectivity index (χ0n) is 21.9. The van der Waals surface area contributed by atoms with Gasteiger partial charge in [-0.25, -0.2) is 18.6 Å². The van der Waals surface area contributed by atoms with Crippen molar-refractivity contribution in [3.05, 3.63) is 81.9 Å². The van der Waals surface area contributed by atoms with Crippen molar-refractivity contribution in [2.24, 2.45) is 5.73 Å². The number of hydrogen-bond acceptors (Lipinski definition) is 10. The van der Waals surface area contributed by atoms with E-state index in [1.807, 2.05) is 0 Å². The first-order valence-electron chi connectivity index (χ1n) is 12.0. The number of esters is 1. The largest absolute Gasteiger partial charge is 0.497 e. The molecule has 2 aromatic carbocycles. The minimum Gasteiger partial charge on any atom is -0.497 e. The van der Waals surface area contributed by atoms with Crippen LogP contribution in [0.4, 0.5) is 20.2 Å². The normalized spacial score (nSPS) is 11.5. The van der Waals surface area contributed by atoms with Crippen LogP contribution in [0.1, 0.15) is 29.9 Å². The van der Waals surface area contributed by atoms with Crippen molar-refractivity contribution in [1.82, 2.24) is 19.7 Å². The number of nitrogen functional groups attached to an aromatic ring is 2. The standard InChI is InChI=1S/C26H26F2N8O5/c1-13(37)41-19-10-14(5-6-16(19)23(30)31)33-22(17-11-15(39-2)12-20(21(17)28)40-9-7-27)24-34-26(38)36(35-24)25-18(29)4-3-8-32-25/h3-6,8,10-12,22,33H,7,9,29H2,1-2H3,(H3,30,31)(H,34,35,38)/t22-/m0/s1. The molecule has 2 aromatic heterocycles. The maximum absolute atomic E-state index is 15.9. The Labute approximate surface area is 231 Å². The summed E-state index contributed by atoms with van der Waals surface area (Å²) < 4.78 is 45.4. The first-order valence-corrected chi connectivity index (χ1v) is 12.0. The third kappa shape index (κ3) is 6.24. The molecule has 0 aliphatic rings. The number of anilines is 2. The van der Waals surface area contributed by atoms with E-state index in [4.69, 9.17) is 31.1 Å². The van der Waals surface area contributed by atoms with Crippen LogP contribution in [0.25, 0.3) is 5.82 Å². The fraction of sp³-hybridized carbons (Fsp3) is 0.192. The summed E-state index contributed by atoms with van der Waals surface area (Å²) in [4.78, 5) is 31.3. The van der Waals surface area contributed by atoms with E-state index in [2.05, 4.69) is 20.4 Å². The van der Waals surface area contributed by atoms with Gasteiger partial charge in [-0.3, -0.25) is 15.2 Å². The smallest absolute Gasteiger partial charge is 0.349 e. The number of halogens is 2. The molecule has 15 heteroatoms. The summed E-state index contributed by atoms with van der Waals surface area (Å²) in [7, 11) is 1.35. The maximum atomic E-state index is 15.9. The van der Waals surface area contributed by atoms with Gasteiger partial charge >= 0.3 is 11.7 Å². The Morgan fingerprint density at radius 2 is 2.02 bits per heavy atom. The predicted octanol–water partition coefficient (Wildman–Crippen LogP) is 2.44. The van der Waals surface area contributed by atoms with E-state index in [0.29, 0.717) is 0 Å². The van der Waals surface area contributed by atoms with E-state index < -0.39 is 36.8 Å². The van der Waals surface area contributed by atoms with E-state index in [-0.39, 0.29) is 57.2 Å². The number of rotatable bonds is 11. The van der Waals surface area contributed by atoms with Crippen molar-refractivity contribution >= 4 is 23.2 Å². The summed E-state index contributed by atoms with van der Waals surface area (Å²) in [5.74, 6) is -2.10. The second-order valence-electron chi connectivity index (χ2n) is 8.51. The van der Waals surface area contributed by atoms with Crippen LogP contribution in [0, 0.1) is 11.2 Å². The summed E-state index contributed by atoms with van der Waals surface area (Å²) in [6.07, 6.45) is 1.42. The minimum absolute atomic E-state index is 0.0351. The first kappa shape index (κ1) is 28.5. The Hall–Kier alpha value is -5.47. The molecule has 7 N–H and O–H groups in total. The lowest BCUT2D eigenvalue weighted by Gasteiger charge is -2.21. The molecule has 0 aliphatic carbocycles. The molecular formula is C26H26F2N8O5. The molecular weight excluding hydrogens is 542 g/mol. The number of carbonyl (C=O) groups excluding carboxylic acids is 1. The molecule has 0 spiro atoms. The number of aromatic nitrogens is 4. The predicted molar refractivity (Wildman–Crippen MR) is 145 cm³/mol. The van der Waals surface area contributed by atoms with Gasteiger partial charge in [0.05, 0.1) is 18.4 Å². The number of pyridine rings is 1. The molecule has 0 unspecified atom stereocenters. The number of benzene rings is 2. The fourth-order valence-electron chi connectivity index (χ4n) is 3.91. The highest BCUT2D eigenvalue weighted by atomic mass is 19.1. The van der Waals surface area contributed by atoms with Gasteiger partial charge in [0.15, 0.2) is 23.2 Å². The Balaban J connectivity index is 1.90.